The lowest BCUT2D eigenvalue weighted by Gasteiger charge is -2.21. The highest BCUT2D eigenvalue weighted by Crippen LogP contribution is 2.30. The first-order valence-electron chi connectivity index (χ1n) is 6.14. The number of nitrogens with one attached hydrogen (secondary N) is 2. The Balaban J connectivity index is 2.28. The first-order chi connectivity index (χ1) is 8.75. The number of hydrogen-bond donors (Lipinski definition) is 2. The molecule has 92 valence electrons. The highest BCUT2D eigenvalue weighted by molar-refractivity contribution is 6.01. The predicted molar refractivity (Wildman–Crippen MR) is 71.5 cm³/mol. The van der Waals surface area contributed by atoms with E-state index in [1.165, 1.54) is 6.92 Å². The lowest BCUT2D eigenvalue weighted by atomic mass is 10.0. The van der Waals surface area contributed by atoms with Gasteiger partial charge in [0.05, 0.1) is 11.2 Å². The molecule has 1 amide bonds. The molecule has 2 heterocycles. The number of pyridine rings is 1. The van der Waals surface area contributed by atoms with Gasteiger partial charge < -0.3 is 10.6 Å². The molecule has 0 atom stereocenters. The van der Waals surface area contributed by atoms with Crippen LogP contribution in [0.1, 0.15) is 18.2 Å². The van der Waals surface area contributed by atoms with Crippen molar-refractivity contribution in [2.24, 2.45) is 0 Å². The number of benzene rings is 1. The van der Waals surface area contributed by atoms with Crippen LogP contribution >= 0.6 is 0 Å². The average Bonchev–Trinajstić information content (AvgIpc) is 2.38. The third kappa shape index (κ3) is 1.84. The summed E-state index contributed by atoms with van der Waals surface area (Å²) in [5.74, 6) is -0.0425. The Bertz CT molecular complexity index is 622. The van der Waals surface area contributed by atoms with Gasteiger partial charge >= 0.3 is 0 Å². The molecule has 0 unspecified atom stereocenters. The molecule has 18 heavy (non-hydrogen) atoms. The molecule has 0 saturated heterocycles. The molecule has 1 aliphatic heterocycles. The van der Waals surface area contributed by atoms with Gasteiger partial charge in [-0.15, -0.1) is 0 Å². The van der Waals surface area contributed by atoms with E-state index < -0.39 is 0 Å². The number of para-hydroxylation sites is 1. The number of nitrogens with zero attached hydrogens (tertiary/aromatic N) is 1. The zero-order valence-corrected chi connectivity index (χ0v) is 10.3. The van der Waals surface area contributed by atoms with Crippen LogP contribution < -0.4 is 10.6 Å². The summed E-state index contributed by atoms with van der Waals surface area (Å²) in [7, 11) is 0. The number of rotatable bonds is 1. The first-order valence-corrected chi connectivity index (χ1v) is 6.14. The van der Waals surface area contributed by atoms with E-state index in [0.29, 0.717) is 0 Å². The second-order valence-electron chi connectivity index (χ2n) is 4.54. The largest absolute Gasteiger partial charge is 0.325 e. The molecule has 1 aromatic carbocycles. The fourth-order valence-electron chi connectivity index (χ4n) is 2.44. The van der Waals surface area contributed by atoms with Gasteiger partial charge in [-0.25, -0.2) is 0 Å². The van der Waals surface area contributed by atoms with E-state index in [-0.39, 0.29) is 5.91 Å². The summed E-state index contributed by atoms with van der Waals surface area (Å²) < 4.78 is 0. The topological polar surface area (TPSA) is 54.0 Å². The Labute approximate surface area is 105 Å². The van der Waals surface area contributed by atoms with E-state index in [9.17, 15) is 4.79 Å². The normalized spacial score (nSPS) is 14.3. The molecule has 0 radical (unpaired) electrons. The number of amides is 1. The second kappa shape index (κ2) is 4.38. The Morgan fingerprint density at radius 1 is 1.39 bits per heavy atom. The lowest BCUT2D eigenvalue weighted by Crippen LogP contribution is -2.26. The zero-order chi connectivity index (χ0) is 12.5. The maximum Gasteiger partial charge on any atom is 0.221 e. The monoisotopic (exact) mass is 241 g/mol. The molecule has 0 spiro atoms. The van der Waals surface area contributed by atoms with Crippen LogP contribution in [0.25, 0.3) is 10.9 Å². The van der Waals surface area contributed by atoms with Crippen molar-refractivity contribution in [3.63, 3.8) is 0 Å². The molecule has 4 heteroatoms. The summed E-state index contributed by atoms with van der Waals surface area (Å²) in [6.07, 6.45) is 0.909. The van der Waals surface area contributed by atoms with Gasteiger partial charge in [-0.2, -0.15) is 0 Å². The second-order valence-corrected chi connectivity index (χ2v) is 4.54. The van der Waals surface area contributed by atoms with E-state index in [1.807, 2.05) is 24.3 Å². The van der Waals surface area contributed by atoms with E-state index in [1.54, 1.807) is 0 Å². The van der Waals surface area contributed by atoms with Crippen LogP contribution in [0.5, 0.6) is 0 Å². The molecule has 4 nitrogen and oxygen atoms in total. The standard InChI is InChI=1S/C14H15N3O/c1-9(18)16-14-10-4-2-3-5-12(10)17-13-6-7-15-8-11(13)14/h2-5,15H,6-8H2,1H3,(H,16,17,18). The molecular formula is C14H15N3O. The van der Waals surface area contributed by atoms with Gasteiger partial charge in [0.1, 0.15) is 0 Å². The molecule has 0 saturated carbocycles. The van der Waals surface area contributed by atoms with E-state index in [4.69, 9.17) is 4.98 Å². The quantitative estimate of drug-likeness (QED) is 0.801. The number of hydrogen-bond acceptors (Lipinski definition) is 3. The maximum absolute atomic E-state index is 11.4. The summed E-state index contributed by atoms with van der Waals surface area (Å²) in [6, 6.07) is 7.93. The van der Waals surface area contributed by atoms with E-state index in [0.717, 1.165) is 47.4 Å². The number of anilines is 1. The number of carbonyl (C=O) groups is 1. The van der Waals surface area contributed by atoms with Gasteiger partial charge in [0, 0.05) is 43.1 Å². The molecule has 1 aliphatic rings. The Kier molecular flexibility index (Phi) is 2.72. The maximum atomic E-state index is 11.4. The SMILES string of the molecule is CC(=O)Nc1c2c(nc3ccccc13)CCNC2. The van der Waals surface area contributed by atoms with Gasteiger partial charge in [0.2, 0.25) is 5.91 Å². The minimum atomic E-state index is -0.0425. The molecule has 2 N–H and O–H groups in total. The molecule has 3 rings (SSSR count). The minimum Gasteiger partial charge on any atom is -0.325 e. The molecule has 2 aromatic rings. The summed E-state index contributed by atoms with van der Waals surface area (Å²) in [4.78, 5) is 16.1. The summed E-state index contributed by atoms with van der Waals surface area (Å²) >= 11 is 0. The van der Waals surface area contributed by atoms with Crippen molar-refractivity contribution in [1.82, 2.24) is 10.3 Å². The Hall–Kier alpha value is -1.94. The van der Waals surface area contributed by atoms with Crippen LogP contribution in [-0.2, 0) is 17.8 Å². The van der Waals surface area contributed by atoms with Crippen molar-refractivity contribution >= 4 is 22.5 Å². The third-order valence-electron chi connectivity index (χ3n) is 3.22. The highest BCUT2D eigenvalue weighted by Gasteiger charge is 2.18. The molecule has 0 bridgehead atoms. The van der Waals surface area contributed by atoms with Crippen molar-refractivity contribution in [2.75, 3.05) is 11.9 Å². The van der Waals surface area contributed by atoms with Crippen LogP contribution in [0.4, 0.5) is 5.69 Å². The highest BCUT2D eigenvalue weighted by atomic mass is 16.1. The van der Waals surface area contributed by atoms with E-state index in [2.05, 4.69) is 10.6 Å². The van der Waals surface area contributed by atoms with Crippen molar-refractivity contribution in [1.29, 1.82) is 0 Å². The van der Waals surface area contributed by atoms with Crippen LogP contribution in [0.2, 0.25) is 0 Å². The summed E-state index contributed by atoms with van der Waals surface area (Å²) in [5.41, 5.74) is 4.07. The van der Waals surface area contributed by atoms with Crippen LogP contribution in [0, 0.1) is 0 Å². The minimum absolute atomic E-state index is 0.0425. The van der Waals surface area contributed by atoms with Gasteiger partial charge in [0.25, 0.3) is 0 Å². The molecular weight excluding hydrogens is 226 g/mol. The van der Waals surface area contributed by atoms with Crippen molar-refractivity contribution in [3.05, 3.63) is 35.5 Å². The van der Waals surface area contributed by atoms with E-state index >= 15 is 0 Å². The van der Waals surface area contributed by atoms with Crippen LogP contribution in [-0.4, -0.2) is 17.4 Å². The van der Waals surface area contributed by atoms with Gasteiger partial charge in [-0.05, 0) is 6.07 Å². The van der Waals surface area contributed by atoms with Gasteiger partial charge in [-0.3, -0.25) is 9.78 Å². The van der Waals surface area contributed by atoms with Crippen molar-refractivity contribution < 1.29 is 4.79 Å². The van der Waals surface area contributed by atoms with Gasteiger partial charge in [0.15, 0.2) is 0 Å². The fourth-order valence-corrected chi connectivity index (χ4v) is 2.44. The van der Waals surface area contributed by atoms with Crippen molar-refractivity contribution in [3.8, 4) is 0 Å². The molecule has 0 aliphatic carbocycles. The Morgan fingerprint density at radius 3 is 3.06 bits per heavy atom. The van der Waals surface area contributed by atoms with Gasteiger partial charge in [-0.1, -0.05) is 18.2 Å². The first kappa shape index (κ1) is 11.2. The predicted octanol–water partition coefficient (Wildman–Crippen LogP) is 1.84. The number of aromatic nitrogens is 1. The van der Waals surface area contributed by atoms with Crippen LogP contribution in [0.15, 0.2) is 24.3 Å². The smallest absolute Gasteiger partial charge is 0.221 e. The lowest BCUT2D eigenvalue weighted by molar-refractivity contribution is -0.114. The number of fused-ring (bicyclic) bond motifs is 2. The summed E-state index contributed by atoms with van der Waals surface area (Å²) in [6.45, 7) is 3.25. The zero-order valence-electron chi connectivity index (χ0n) is 10.3. The van der Waals surface area contributed by atoms with Crippen molar-refractivity contribution in [2.45, 2.75) is 19.9 Å². The molecule has 0 fully saturated rings. The third-order valence-corrected chi connectivity index (χ3v) is 3.22. The fraction of sp³-hybridized carbons (Fsp3) is 0.286. The molecule has 1 aromatic heterocycles. The number of carbonyl (C=O) groups excluding carboxylic acids is 1. The summed E-state index contributed by atoms with van der Waals surface area (Å²) in [5, 5.41) is 7.29. The van der Waals surface area contributed by atoms with Crippen LogP contribution in [0.3, 0.4) is 0 Å². The average molecular weight is 241 g/mol. The Morgan fingerprint density at radius 2 is 2.22 bits per heavy atom.